The molecule has 0 unspecified atom stereocenters. The number of rotatable bonds is 7. The van der Waals surface area contributed by atoms with Crippen LogP contribution in [0.4, 0.5) is 11.5 Å². The van der Waals surface area contributed by atoms with Gasteiger partial charge in [0.2, 0.25) is 0 Å². The predicted octanol–water partition coefficient (Wildman–Crippen LogP) is 3.26. The smallest absolute Gasteiger partial charge is 0.330 e. The van der Waals surface area contributed by atoms with Crippen LogP contribution in [0.25, 0.3) is 0 Å². The molecule has 2 rings (SSSR count). The topological polar surface area (TPSA) is 84.1 Å². The maximum absolute atomic E-state index is 12.5. The van der Waals surface area contributed by atoms with E-state index < -0.39 is 11.2 Å². The number of hydrogen-bond donors (Lipinski definition) is 2. The molecule has 0 aliphatic carbocycles. The Morgan fingerprint density at radius 2 is 1.96 bits per heavy atom. The van der Waals surface area contributed by atoms with Crippen LogP contribution < -0.4 is 21.9 Å². The number of nitrogens with two attached hydrogens (primary N) is 1. The van der Waals surface area contributed by atoms with Gasteiger partial charge in [-0.2, -0.15) is 0 Å². The van der Waals surface area contributed by atoms with Gasteiger partial charge in [0, 0.05) is 22.4 Å². The molecule has 0 atom stereocenters. The van der Waals surface area contributed by atoms with Crippen molar-refractivity contribution in [1.82, 2.24) is 9.55 Å². The first kappa shape index (κ1) is 19.8. The molecule has 0 aliphatic heterocycles. The minimum atomic E-state index is -0.457. The summed E-state index contributed by atoms with van der Waals surface area (Å²) in [5, 5.41) is 2.00. The second-order valence-corrected chi connectivity index (χ2v) is 8.82. The predicted molar refractivity (Wildman–Crippen MR) is 108 cm³/mol. The third kappa shape index (κ3) is 4.76. The maximum atomic E-state index is 12.5. The summed E-state index contributed by atoms with van der Waals surface area (Å²) >= 11 is 5.16. The molecular formula is C17H25BrN4O2S. The fourth-order valence-electron chi connectivity index (χ4n) is 2.72. The molecular weight excluding hydrogens is 404 g/mol. The number of nitrogen functional groups attached to an aromatic ring is 1. The first-order chi connectivity index (χ1) is 11.7. The van der Waals surface area contributed by atoms with E-state index in [2.05, 4.69) is 34.8 Å². The van der Waals surface area contributed by atoms with Crippen LogP contribution >= 0.6 is 27.3 Å². The summed E-state index contributed by atoms with van der Waals surface area (Å²) in [4.78, 5) is 30.2. The minimum Gasteiger partial charge on any atom is -0.383 e. The first-order valence-electron chi connectivity index (χ1n) is 8.30. The molecule has 0 saturated heterocycles. The van der Waals surface area contributed by atoms with Gasteiger partial charge in [-0.1, -0.05) is 27.7 Å². The molecule has 0 fully saturated rings. The second-order valence-electron chi connectivity index (χ2n) is 6.96. The molecule has 0 spiro atoms. The molecule has 0 saturated carbocycles. The molecule has 2 heterocycles. The first-order valence-corrected chi connectivity index (χ1v) is 9.97. The van der Waals surface area contributed by atoms with Crippen molar-refractivity contribution in [2.75, 3.05) is 17.2 Å². The Kier molecular flexibility index (Phi) is 6.51. The average Bonchev–Trinajstić information content (AvgIpc) is 2.87. The maximum Gasteiger partial charge on any atom is 0.330 e. The number of thiophene rings is 1. The summed E-state index contributed by atoms with van der Waals surface area (Å²) in [5.41, 5.74) is 5.75. The van der Waals surface area contributed by atoms with Crippen molar-refractivity contribution in [3.8, 4) is 0 Å². The molecule has 0 aromatic carbocycles. The van der Waals surface area contributed by atoms with Crippen molar-refractivity contribution in [2.24, 2.45) is 11.8 Å². The van der Waals surface area contributed by atoms with Crippen LogP contribution in [0.15, 0.2) is 25.5 Å². The molecule has 0 radical (unpaired) electrons. The number of halogens is 1. The third-order valence-corrected chi connectivity index (χ3v) is 5.60. The number of anilines is 2. The number of H-pyrrole nitrogens is 1. The molecule has 2 aromatic rings. The van der Waals surface area contributed by atoms with Crippen LogP contribution in [0.3, 0.4) is 0 Å². The molecule has 2 aromatic heterocycles. The highest BCUT2D eigenvalue weighted by atomic mass is 79.9. The zero-order valence-corrected chi connectivity index (χ0v) is 17.4. The number of aromatic nitrogens is 2. The quantitative estimate of drug-likeness (QED) is 0.708. The van der Waals surface area contributed by atoms with Gasteiger partial charge in [-0.25, -0.2) is 4.79 Å². The summed E-state index contributed by atoms with van der Waals surface area (Å²) in [6, 6.07) is 1.99. The SMILES string of the molecule is CC(C)CN(Cc1sccc1Br)c1c(N)n(CC(C)C)c(=O)[nH]c1=O. The monoisotopic (exact) mass is 428 g/mol. The Labute approximate surface area is 159 Å². The molecule has 8 heteroatoms. The van der Waals surface area contributed by atoms with Crippen molar-refractivity contribution < 1.29 is 0 Å². The van der Waals surface area contributed by atoms with Crippen LogP contribution in [0.2, 0.25) is 0 Å². The van der Waals surface area contributed by atoms with Gasteiger partial charge in [0.1, 0.15) is 11.5 Å². The fourth-order valence-corrected chi connectivity index (χ4v) is 4.21. The van der Waals surface area contributed by atoms with Gasteiger partial charge in [0.05, 0.1) is 6.54 Å². The Bertz CT molecular complexity index is 838. The van der Waals surface area contributed by atoms with E-state index in [1.807, 2.05) is 30.2 Å². The lowest BCUT2D eigenvalue weighted by Gasteiger charge is -2.27. The standard InChI is InChI=1S/C17H25BrN4O2S/c1-10(2)7-21(9-13-12(18)5-6-25-13)14-15(19)22(8-11(3)4)17(24)20-16(14)23/h5-6,10-11H,7-9,19H2,1-4H3,(H,20,23,24). The highest BCUT2D eigenvalue weighted by Gasteiger charge is 2.21. The van der Waals surface area contributed by atoms with Crippen LogP contribution in [-0.4, -0.2) is 16.1 Å². The van der Waals surface area contributed by atoms with E-state index in [-0.39, 0.29) is 11.7 Å². The number of nitrogens with zero attached hydrogens (tertiary/aromatic N) is 2. The average molecular weight is 429 g/mol. The largest absolute Gasteiger partial charge is 0.383 e. The summed E-state index contributed by atoms with van der Waals surface area (Å²) in [5.74, 6) is 0.808. The fraction of sp³-hybridized carbons (Fsp3) is 0.529. The van der Waals surface area contributed by atoms with E-state index >= 15 is 0 Å². The molecule has 3 N–H and O–H groups in total. The Morgan fingerprint density at radius 1 is 1.28 bits per heavy atom. The lowest BCUT2D eigenvalue weighted by molar-refractivity contribution is 0.506. The molecule has 6 nitrogen and oxygen atoms in total. The summed E-state index contributed by atoms with van der Waals surface area (Å²) in [7, 11) is 0. The van der Waals surface area contributed by atoms with E-state index in [4.69, 9.17) is 5.73 Å². The van der Waals surface area contributed by atoms with Crippen LogP contribution in [0, 0.1) is 11.8 Å². The molecule has 138 valence electrons. The van der Waals surface area contributed by atoms with Gasteiger partial charge < -0.3 is 10.6 Å². The zero-order valence-electron chi connectivity index (χ0n) is 15.0. The zero-order chi connectivity index (χ0) is 18.7. The van der Waals surface area contributed by atoms with Gasteiger partial charge in [-0.3, -0.25) is 14.3 Å². The lowest BCUT2D eigenvalue weighted by atomic mass is 10.2. The van der Waals surface area contributed by atoms with Crippen molar-refractivity contribution in [3.63, 3.8) is 0 Å². The van der Waals surface area contributed by atoms with Crippen molar-refractivity contribution in [2.45, 2.75) is 40.8 Å². The molecule has 0 bridgehead atoms. The van der Waals surface area contributed by atoms with Gasteiger partial charge >= 0.3 is 5.69 Å². The molecule has 25 heavy (non-hydrogen) atoms. The Hall–Kier alpha value is -1.54. The van der Waals surface area contributed by atoms with Gasteiger partial charge in [-0.15, -0.1) is 11.3 Å². The summed E-state index contributed by atoms with van der Waals surface area (Å²) in [6.45, 7) is 9.88. The lowest BCUT2D eigenvalue weighted by Crippen LogP contribution is -2.40. The Balaban J connectivity index is 2.54. The highest BCUT2D eigenvalue weighted by molar-refractivity contribution is 9.10. The molecule has 0 amide bonds. The normalized spacial score (nSPS) is 11.5. The number of aromatic amines is 1. The summed E-state index contributed by atoms with van der Waals surface area (Å²) < 4.78 is 2.47. The van der Waals surface area contributed by atoms with Crippen molar-refractivity contribution >= 4 is 38.8 Å². The van der Waals surface area contributed by atoms with Gasteiger partial charge in [0.15, 0.2) is 0 Å². The highest BCUT2D eigenvalue weighted by Crippen LogP contribution is 2.28. The Morgan fingerprint density at radius 3 is 2.48 bits per heavy atom. The van der Waals surface area contributed by atoms with E-state index in [0.29, 0.717) is 31.2 Å². The second kappa shape index (κ2) is 8.23. The van der Waals surface area contributed by atoms with E-state index in [9.17, 15) is 9.59 Å². The van der Waals surface area contributed by atoms with Crippen LogP contribution in [0.1, 0.15) is 32.6 Å². The van der Waals surface area contributed by atoms with E-state index in [1.54, 1.807) is 11.3 Å². The van der Waals surface area contributed by atoms with Crippen molar-refractivity contribution in [3.05, 3.63) is 41.6 Å². The van der Waals surface area contributed by atoms with E-state index in [1.165, 1.54) is 4.57 Å². The van der Waals surface area contributed by atoms with Gasteiger partial charge in [-0.05, 0) is 39.2 Å². The summed E-state index contributed by atoms with van der Waals surface area (Å²) in [6.07, 6.45) is 0. The minimum absolute atomic E-state index is 0.232. The third-order valence-electron chi connectivity index (χ3n) is 3.69. The number of nitrogens with one attached hydrogen (secondary N) is 1. The number of hydrogen-bond acceptors (Lipinski definition) is 5. The van der Waals surface area contributed by atoms with Crippen LogP contribution in [-0.2, 0) is 13.1 Å². The van der Waals surface area contributed by atoms with Crippen LogP contribution in [0.5, 0.6) is 0 Å². The van der Waals surface area contributed by atoms with Crippen molar-refractivity contribution in [1.29, 1.82) is 0 Å². The van der Waals surface area contributed by atoms with Gasteiger partial charge in [0.25, 0.3) is 5.56 Å². The molecule has 0 aliphatic rings. The van der Waals surface area contributed by atoms with E-state index in [0.717, 1.165) is 9.35 Å².